The fourth-order valence-corrected chi connectivity index (χ4v) is 4.94. The summed E-state index contributed by atoms with van der Waals surface area (Å²) in [6.45, 7) is 12.6. The molecule has 6 nitrogen and oxygen atoms in total. The summed E-state index contributed by atoms with van der Waals surface area (Å²) in [5.74, 6) is 0.806. The number of aromatic nitrogens is 1. The van der Waals surface area contributed by atoms with Gasteiger partial charge in [0.15, 0.2) is 9.84 Å². The minimum Gasteiger partial charge on any atom is -0.491 e. The number of ether oxygens (including phenoxy) is 1. The summed E-state index contributed by atoms with van der Waals surface area (Å²) in [7, 11) is -3.32. The molecule has 2 aromatic carbocycles. The maximum Gasteiger partial charge on any atom is 0.178 e. The average Bonchev–Trinajstić information content (AvgIpc) is 3.19. The molecule has 0 amide bonds. The molecule has 7 heteroatoms. The van der Waals surface area contributed by atoms with Crippen molar-refractivity contribution in [3.05, 3.63) is 58.7 Å². The highest BCUT2D eigenvalue weighted by atomic mass is 32.2. The molecule has 0 radical (unpaired) electrons. The summed E-state index contributed by atoms with van der Waals surface area (Å²) in [6.07, 6.45) is 6.67. The molecule has 0 fully saturated rings. The zero-order valence-corrected chi connectivity index (χ0v) is 21.8. The monoisotopic (exact) mass is 495 g/mol. The van der Waals surface area contributed by atoms with Gasteiger partial charge < -0.3 is 20.8 Å². The van der Waals surface area contributed by atoms with Gasteiger partial charge in [0.1, 0.15) is 5.75 Å². The predicted molar refractivity (Wildman–Crippen MR) is 147 cm³/mol. The second-order valence-corrected chi connectivity index (χ2v) is 10.9. The predicted octanol–water partition coefficient (Wildman–Crippen LogP) is 3.84. The molecule has 0 saturated carbocycles. The van der Waals surface area contributed by atoms with Gasteiger partial charge in [-0.1, -0.05) is 32.6 Å². The summed E-state index contributed by atoms with van der Waals surface area (Å²) in [5, 5.41) is 6.00. The van der Waals surface area contributed by atoms with Gasteiger partial charge in [0.05, 0.1) is 22.8 Å². The Labute approximate surface area is 208 Å². The Balaban J connectivity index is 2.07. The number of rotatable bonds is 12. The fraction of sp³-hybridized carbons (Fsp3) is 0.357. The van der Waals surface area contributed by atoms with E-state index in [0.717, 1.165) is 76.3 Å². The number of hydrogen-bond acceptors (Lipinski definition) is 5. The van der Waals surface area contributed by atoms with Crippen LogP contribution in [0.5, 0.6) is 5.75 Å². The summed E-state index contributed by atoms with van der Waals surface area (Å²) in [5.41, 5.74) is 9.22. The van der Waals surface area contributed by atoms with E-state index in [9.17, 15) is 8.42 Å². The first kappa shape index (κ1) is 26.6. The summed E-state index contributed by atoms with van der Waals surface area (Å²) in [4.78, 5) is 3.71. The van der Waals surface area contributed by atoms with Crippen molar-refractivity contribution in [2.45, 2.75) is 44.9 Å². The van der Waals surface area contributed by atoms with Crippen LogP contribution in [0.4, 0.5) is 0 Å². The van der Waals surface area contributed by atoms with E-state index in [0.29, 0.717) is 11.5 Å². The van der Waals surface area contributed by atoms with Crippen molar-refractivity contribution in [2.24, 2.45) is 5.73 Å². The molecule has 3 rings (SSSR count). The van der Waals surface area contributed by atoms with E-state index < -0.39 is 9.84 Å². The Hall–Kier alpha value is -3.03. The van der Waals surface area contributed by atoms with E-state index in [2.05, 4.69) is 23.8 Å². The number of aromatic amines is 1. The van der Waals surface area contributed by atoms with Crippen LogP contribution in [-0.2, 0) is 9.84 Å². The van der Waals surface area contributed by atoms with E-state index in [-0.39, 0.29) is 5.75 Å². The van der Waals surface area contributed by atoms with E-state index in [1.165, 1.54) is 0 Å². The summed E-state index contributed by atoms with van der Waals surface area (Å²) < 4.78 is 31.2. The number of nitrogens with two attached hydrogens (primary N) is 1. The van der Waals surface area contributed by atoms with Gasteiger partial charge in [-0.05, 0) is 92.5 Å². The largest absolute Gasteiger partial charge is 0.491 e. The standard InChI is InChI=1S/C28H37N3O3S/c1-5-14-30-15-7-8-16-34-26-13-12-24(22-10-9-11-23(18-22)35(32,33)6-2)27-25(17-20(3)19-29)21(4)31-28(26)27/h9-13,17-19,30-31H,4-8,14-16,29H2,1-3H3/b20-19-,25-17+. The molecule has 35 heavy (non-hydrogen) atoms. The lowest BCUT2D eigenvalue weighted by Gasteiger charge is -2.12. The van der Waals surface area contributed by atoms with Crippen LogP contribution in [0.2, 0.25) is 0 Å². The molecule has 0 bridgehead atoms. The Kier molecular flexibility index (Phi) is 9.18. The SMILES string of the molecule is C=c1[nH]c2c(OCCCCNCCC)ccc(-c3cccc(S(=O)(=O)CC)c3)c2/c1=C/C(C)=C\N. The fourth-order valence-electron chi connectivity index (χ4n) is 4.01. The molecule has 3 aromatic rings. The second-order valence-electron chi connectivity index (χ2n) is 8.67. The number of unbranched alkanes of at least 4 members (excludes halogenated alkanes) is 1. The zero-order valence-electron chi connectivity index (χ0n) is 21.0. The lowest BCUT2D eigenvalue weighted by molar-refractivity contribution is 0.309. The van der Waals surface area contributed by atoms with Crippen molar-refractivity contribution < 1.29 is 13.2 Å². The van der Waals surface area contributed by atoms with Crippen LogP contribution in [0.15, 0.2) is 53.1 Å². The first-order valence-electron chi connectivity index (χ1n) is 12.2. The molecule has 0 atom stereocenters. The van der Waals surface area contributed by atoms with Gasteiger partial charge in [-0.3, -0.25) is 0 Å². The van der Waals surface area contributed by atoms with Gasteiger partial charge in [-0.25, -0.2) is 8.42 Å². The Bertz CT molecular complexity index is 1410. The van der Waals surface area contributed by atoms with Gasteiger partial charge in [-0.2, -0.15) is 0 Å². The van der Waals surface area contributed by atoms with Gasteiger partial charge in [-0.15, -0.1) is 0 Å². The second kappa shape index (κ2) is 12.1. The highest BCUT2D eigenvalue weighted by molar-refractivity contribution is 7.91. The number of fused-ring (bicyclic) bond motifs is 1. The van der Waals surface area contributed by atoms with Gasteiger partial charge >= 0.3 is 0 Å². The molecule has 0 unspecified atom stereocenters. The van der Waals surface area contributed by atoms with Gasteiger partial charge in [0.2, 0.25) is 0 Å². The average molecular weight is 496 g/mol. The van der Waals surface area contributed by atoms with Crippen molar-refractivity contribution in [3.63, 3.8) is 0 Å². The lowest BCUT2D eigenvalue weighted by Crippen LogP contribution is -2.21. The van der Waals surface area contributed by atoms with Crippen molar-refractivity contribution in [1.29, 1.82) is 0 Å². The van der Waals surface area contributed by atoms with Crippen molar-refractivity contribution >= 4 is 33.4 Å². The van der Waals surface area contributed by atoms with Crippen molar-refractivity contribution in [2.75, 3.05) is 25.4 Å². The minimum atomic E-state index is -3.32. The third-order valence-electron chi connectivity index (χ3n) is 5.99. The molecule has 4 N–H and O–H groups in total. The number of benzene rings is 2. The Morgan fingerprint density at radius 1 is 1.17 bits per heavy atom. The zero-order chi connectivity index (χ0) is 25.4. The summed E-state index contributed by atoms with van der Waals surface area (Å²) >= 11 is 0. The first-order valence-corrected chi connectivity index (χ1v) is 13.9. The lowest BCUT2D eigenvalue weighted by atomic mass is 9.99. The summed E-state index contributed by atoms with van der Waals surface area (Å²) in [6, 6.07) is 11.0. The maximum atomic E-state index is 12.5. The number of sulfone groups is 1. The van der Waals surface area contributed by atoms with Crippen LogP contribution in [-0.4, -0.2) is 38.9 Å². The van der Waals surface area contributed by atoms with Crippen LogP contribution < -0.4 is 26.4 Å². The van der Waals surface area contributed by atoms with E-state index in [1.54, 1.807) is 31.3 Å². The van der Waals surface area contributed by atoms with Gasteiger partial charge in [0, 0.05) is 16.0 Å². The first-order chi connectivity index (χ1) is 16.8. The molecule has 0 aliphatic carbocycles. The topological polar surface area (TPSA) is 97.2 Å². The van der Waals surface area contributed by atoms with Crippen LogP contribution in [0, 0.1) is 0 Å². The van der Waals surface area contributed by atoms with Crippen LogP contribution >= 0.6 is 0 Å². The van der Waals surface area contributed by atoms with Crippen molar-refractivity contribution in [1.82, 2.24) is 10.3 Å². The molecular weight excluding hydrogens is 458 g/mol. The third-order valence-corrected chi connectivity index (χ3v) is 7.72. The maximum absolute atomic E-state index is 12.5. The molecule has 1 heterocycles. The molecule has 0 saturated heterocycles. The van der Waals surface area contributed by atoms with E-state index >= 15 is 0 Å². The van der Waals surface area contributed by atoms with E-state index in [1.807, 2.05) is 31.2 Å². The molecule has 0 aliphatic rings. The molecule has 188 valence electrons. The number of allylic oxidation sites excluding steroid dienone is 1. The Morgan fingerprint density at radius 3 is 2.69 bits per heavy atom. The third kappa shape index (κ3) is 6.35. The highest BCUT2D eigenvalue weighted by Crippen LogP contribution is 2.32. The normalized spacial score (nSPS) is 13.0. The smallest absolute Gasteiger partial charge is 0.178 e. The molecule has 1 aromatic heterocycles. The van der Waals surface area contributed by atoms with Crippen LogP contribution in [0.25, 0.3) is 34.7 Å². The van der Waals surface area contributed by atoms with Crippen molar-refractivity contribution in [3.8, 4) is 16.9 Å². The number of H-pyrrole nitrogens is 1. The van der Waals surface area contributed by atoms with Crippen LogP contribution in [0.3, 0.4) is 0 Å². The van der Waals surface area contributed by atoms with Crippen LogP contribution in [0.1, 0.15) is 40.0 Å². The minimum absolute atomic E-state index is 0.0549. The number of hydrogen-bond donors (Lipinski definition) is 3. The molecular formula is C28H37N3O3S. The molecule has 0 aliphatic heterocycles. The van der Waals surface area contributed by atoms with E-state index in [4.69, 9.17) is 10.5 Å². The highest BCUT2D eigenvalue weighted by Gasteiger charge is 2.16. The molecule has 0 spiro atoms. The quantitative estimate of drug-likeness (QED) is 0.332. The van der Waals surface area contributed by atoms with Gasteiger partial charge in [0.25, 0.3) is 0 Å². The number of nitrogens with one attached hydrogen (secondary N) is 2. The Morgan fingerprint density at radius 2 is 1.97 bits per heavy atom.